The minimum absolute atomic E-state index is 0.111. The Balaban J connectivity index is 2.56. The van der Waals surface area contributed by atoms with Gasteiger partial charge in [0.2, 0.25) is 0 Å². The molecule has 0 saturated carbocycles. The molecule has 7 heteroatoms. The van der Waals surface area contributed by atoms with Crippen molar-refractivity contribution < 1.29 is 14.0 Å². The molecule has 3 unspecified atom stereocenters. The van der Waals surface area contributed by atoms with Crippen molar-refractivity contribution in [2.24, 2.45) is 0 Å². The second kappa shape index (κ2) is 9.28. The smallest absolute Gasteiger partial charge is 0.374 e. The average Bonchev–Trinajstić information content (AvgIpc) is 2.30. The van der Waals surface area contributed by atoms with Crippen molar-refractivity contribution in [3.05, 3.63) is 29.8 Å². The van der Waals surface area contributed by atoms with Crippen molar-refractivity contribution in [3.8, 4) is 0 Å². The summed E-state index contributed by atoms with van der Waals surface area (Å²) in [6.45, 7) is 7.66. The summed E-state index contributed by atoms with van der Waals surface area (Å²) < 4.78 is 16.7. The van der Waals surface area contributed by atoms with Crippen molar-refractivity contribution >= 4 is 44.3 Å². The van der Waals surface area contributed by atoms with Gasteiger partial charge in [0.05, 0.1) is 16.3 Å². The molecule has 1 aromatic rings. The summed E-state index contributed by atoms with van der Waals surface area (Å²) in [7, 11) is -0.776. The fraction of sp³-hybridized carbons (Fsp3) is 0.538. The molecule has 0 saturated heterocycles. The van der Waals surface area contributed by atoms with Gasteiger partial charge in [0.1, 0.15) is 0 Å². The topological polar surface area (TPSA) is 27.7 Å². The third-order valence-corrected chi connectivity index (χ3v) is 3.70. The summed E-state index contributed by atoms with van der Waals surface area (Å²) in [5, 5.41) is 0. The van der Waals surface area contributed by atoms with E-state index in [0.717, 1.165) is 0 Å². The standard InChI is InChI=1S/C13H21BO3S3/c1-9-7-5-6-8-13(9)20-12(4)17-14(15-10(2)18)16-11(3)19/h5-8,10-12,18-19H,1-4H3. The molecule has 3 atom stereocenters. The van der Waals surface area contributed by atoms with Crippen molar-refractivity contribution in [3.63, 3.8) is 0 Å². The Morgan fingerprint density at radius 1 is 1.00 bits per heavy atom. The SMILES string of the molecule is Cc1ccccc1SC(C)OB(OC(C)S)OC(C)S. The van der Waals surface area contributed by atoms with Crippen LogP contribution in [-0.2, 0) is 14.0 Å². The predicted molar refractivity (Wildman–Crippen MR) is 92.4 cm³/mol. The van der Waals surface area contributed by atoms with Gasteiger partial charge >= 0.3 is 7.32 Å². The summed E-state index contributed by atoms with van der Waals surface area (Å²) >= 11 is 9.99. The largest absolute Gasteiger partial charge is 0.641 e. The van der Waals surface area contributed by atoms with Gasteiger partial charge in [-0.05, 0) is 39.3 Å². The van der Waals surface area contributed by atoms with Gasteiger partial charge in [-0.1, -0.05) is 30.0 Å². The molecule has 1 rings (SSSR count). The number of aryl methyl sites for hydroxylation is 1. The molecule has 0 aromatic heterocycles. The number of rotatable bonds is 8. The van der Waals surface area contributed by atoms with E-state index in [-0.39, 0.29) is 16.3 Å². The highest BCUT2D eigenvalue weighted by Gasteiger charge is 2.28. The fourth-order valence-electron chi connectivity index (χ4n) is 1.47. The Bertz CT molecular complexity index is 394. The van der Waals surface area contributed by atoms with Crippen molar-refractivity contribution in [2.75, 3.05) is 0 Å². The van der Waals surface area contributed by atoms with Gasteiger partial charge in [0, 0.05) is 4.90 Å². The van der Waals surface area contributed by atoms with E-state index in [1.807, 2.05) is 32.9 Å². The summed E-state index contributed by atoms with van der Waals surface area (Å²) in [6, 6.07) is 8.17. The van der Waals surface area contributed by atoms with Crippen LogP contribution in [0.4, 0.5) is 0 Å². The molecule has 112 valence electrons. The van der Waals surface area contributed by atoms with E-state index in [1.54, 1.807) is 11.8 Å². The van der Waals surface area contributed by atoms with Crippen molar-refractivity contribution in [2.45, 2.75) is 48.9 Å². The first-order valence-corrected chi connectivity index (χ1v) is 8.34. The maximum absolute atomic E-state index is 5.75. The Hall–Kier alpha value is 0.215. The Morgan fingerprint density at radius 3 is 2.05 bits per heavy atom. The van der Waals surface area contributed by atoms with Crippen molar-refractivity contribution in [1.82, 2.24) is 0 Å². The van der Waals surface area contributed by atoms with Crippen LogP contribution in [0.3, 0.4) is 0 Å². The van der Waals surface area contributed by atoms with Crippen LogP contribution in [0.15, 0.2) is 29.2 Å². The van der Waals surface area contributed by atoms with Crippen LogP contribution in [0, 0.1) is 6.92 Å². The summed E-state index contributed by atoms with van der Waals surface area (Å²) in [5.41, 5.74) is 0.558. The maximum atomic E-state index is 5.75. The summed E-state index contributed by atoms with van der Waals surface area (Å²) in [5.74, 6) is 0. The Kier molecular flexibility index (Phi) is 8.47. The summed E-state index contributed by atoms with van der Waals surface area (Å²) in [4.78, 5) is 1.18. The van der Waals surface area contributed by atoms with Gasteiger partial charge < -0.3 is 14.0 Å². The molecule has 0 N–H and O–H groups in total. The van der Waals surface area contributed by atoms with Crippen LogP contribution < -0.4 is 0 Å². The molecule has 0 bridgehead atoms. The van der Waals surface area contributed by atoms with Gasteiger partial charge in [0.25, 0.3) is 0 Å². The maximum Gasteiger partial charge on any atom is 0.641 e. The lowest BCUT2D eigenvalue weighted by molar-refractivity contribution is 0.0819. The number of thioether (sulfide) groups is 1. The second-order valence-electron chi connectivity index (χ2n) is 4.35. The lowest BCUT2D eigenvalue weighted by atomic mass is 10.2. The number of thiol groups is 2. The van der Waals surface area contributed by atoms with Crippen LogP contribution in [-0.4, -0.2) is 23.6 Å². The molecule has 0 radical (unpaired) electrons. The van der Waals surface area contributed by atoms with E-state index in [0.29, 0.717) is 0 Å². The van der Waals surface area contributed by atoms with Crippen LogP contribution in [0.5, 0.6) is 0 Å². The number of benzene rings is 1. The molecule has 0 fully saturated rings. The van der Waals surface area contributed by atoms with Gasteiger partial charge in [0.15, 0.2) is 0 Å². The molecule has 0 spiro atoms. The Morgan fingerprint density at radius 2 is 1.55 bits per heavy atom. The van der Waals surface area contributed by atoms with Gasteiger partial charge in [-0.15, -0.1) is 25.3 Å². The molecule has 0 aliphatic heterocycles. The molecule has 0 heterocycles. The van der Waals surface area contributed by atoms with Crippen molar-refractivity contribution in [1.29, 1.82) is 0 Å². The van der Waals surface area contributed by atoms with E-state index in [9.17, 15) is 0 Å². The van der Waals surface area contributed by atoms with Crippen LogP contribution in [0.1, 0.15) is 26.3 Å². The predicted octanol–water partition coefficient (Wildman–Crippen LogP) is 4.02. The minimum atomic E-state index is -0.776. The Labute approximate surface area is 137 Å². The van der Waals surface area contributed by atoms with Gasteiger partial charge in [-0.3, -0.25) is 0 Å². The van der Waals surface area contributed by atoms with E-state index in [2.05, 4.69) is 44.3 Å². The molecule has 0 aliphatic carbocycles. The van der Waals surface area contributed by atoms with E-state index in [4.69, 9.17) is 14.0 Å². The first-order valence-electron chi connectivity index (χ1n) is 6.43. The first-order chi connectivity index (χ1) is 9.38. The molecule has 0 aliphatic rings. The molecule has 20 heavy (non-hydrogen) atoms. The van der Waals surface area contributed by atoms with Crippen LogP contribution in [0.2, 0.25) is 0 Å². The normalized spacial score (nSPS) is 15.7. The molecule has 3 nitrogen and oxygen atoms in total. The zero-order valence-electron chi connectivity index (χ0n) is 12.1. The lowest BCUT2D eigenvalue weighted by Gasteiger charge is -2.21. The molecular formula is C13H21BO3S3. The van der Waals surface area contributed by atoms with E-state index in [1.165, 1.54) is 10.5 Å². The van der Waals surface area contributed by atoms with E-state index >= 15 is 0 Å². The molecule has 0 amide bonds. The highest BCUT2D eigenvalue weighted by Crippen LogP contribution is 2.27. The minimum Gasteiger partial charge on any atom is -0.374 e. The summed E-state index contributed by atoms with van der Waals surface area (Å²) in [6.07, 6.45) is 0. The third-order valence-electron chi connectivity index (χ3n) is 2.31. The average molecular weight is 332 g/mol. The zero-order chi connectivity index (χ0) is 15.1. The quantitative estimate of drug-likeness (QED) is 0.325. The monoisotopic (exact) mass is 332 g/mol. The van der Waals surface area contributed by atoms with Crippen LogP contribution in [0.25, 0.3) is 0 Å². The highest BCUT2D eigenvalue weighted by molar-refractivity contribution is 7.99. The zero-order valence-corrected chi connectivity index (χ0v) is 14.8. The van der Waals surface area contributed by atoms with E-state index < -0.39 is 7.32 Å². The van der Waals surface area contributed by atoms with Crippen LogP contribution >= 0.6 is 37.0 Å². The number of hydrogen-bond acceptors (Lipinski definition) is 6. The molecular weight excluding hydrogens is 311 g/mol. The lowest BCUT2D eigenvalue weighted by Crippen LogP contribution is -2.33. The van der Waals surface area contributed by atoms with Gasteiger partial charge in [-0.2, -0.15) is 0 Å². The fourth-order valence-corrected chi connectivity index (χ4v) is 2.58. The van der Waals surface area contributed by atoms with Gasteiger partial charge in [-0.25, -0.2) is 0 Å². The third kappa shape index (κ3) is 7.29. The first kappa shape index (κ1) is 18.3. The molecule has 1 aromatic carbocycles. The number of hydrogen-bond donors (Lipinski definition) is 2. The highest BCUT2D eigenvalue weighted by atomic mass is 32.2. The second-order valence-corrected chi connectivity index (χ2v) is 7.14.